The van der Waals surface area contributed by atoms with E-state index in [4.69, 9.17) is 11.6 Å². The number of hydrogen-bond acceptors (Lipinski definition) is 3. The number of hydrogen-bond donors (Lipinski definition) is 2. The summed E-state index contributed by atoms with van der Waals surface area (Å²) in [5.41, 5.74) is 1.81. The summed E-state index contributed by atoms with van der Waals surface area (Å²) in [7, 11) is 0. The van der Waals surface area contributed by atoms with E-state index >= 15 is 0 Å². The van der Waals surface area contributed by atoms with Crippen LogP contribution in [0.2, 0.25) is 5.02 Å². The summed E-state index contributed by atoms with van der Waals surface area (Å²) in [6.45, 7) is 1.93. The number of H-pyrrole nitrogens is 1. The highest BCUT2D eigenvalue weighted by molar-refractivity contribution is 6.34. The molecule has 0 fully saturated rings. The number of anilines is 1. The summed E-state index contributed by atoms with van der Waals surface area (Å²) in [5, 5.41) is 12.7. The molecule has 0 aliphatic heterocycles. The van der Waals surface area contributed by atoms with Gasteiger partial charge in [0.15, 0.2) is 5.69 Å². The maximum atomic E-state index is 11.6. The highest BCUT2D eigenvalue weighted by atomic mass is 35.5. The summed E-state index contributed by atoms with van der Waals surface area (Å²) in [6, 6.07) is 5.39. The molecule has 0 aliphatic rings. The summed E-state index contributed by atoms with van der Waals surface area (Å²) < 4.78 is 0. The van der Waals surface area contributed by atoms with Crippen molar-refractivity contribution in [2.24, 2.45) is 0 Å². The monoisotopic (exact) mass is 236 g/mol. The van der Waals surface area contributed by atoms with Crippen molar-refractivity contribution in [3.05, 3.63) is 40.7 Å². The van der Waals surface area contributed by atoms with E-state index in [0.717, 1.165) is 5.56 Å². The number of rotatable bonds is 2. The van der Waals surface area contributed by atoms with Crippen LogP contribution in [-0.2, 0) is 0 Å². The largest absolute Gasteiger partial charge is 0.319 e. The van der Waals surface area contributed by atoms with Gasteiger partial charge < -0.3 is 5.32 Å². The minimum Gasteiger partial charge on any atom is -0.319 e. The number of aryl methyl sites for hydroxylation is 1. The molecule has 2 aromatic rings. The molecule has 0 spiro atoms. The molecule has 16 heavy (non-hydrogen) atoms. The van der Waals surface area contributed by atoms with Crippen LogP contribution in [0.3, 0.4) is 0 Å². The number of carbonyl (C=O) groups excluding carboxylic acids is 1. The van der Waals surface area contributed by atoms with Crippen molar-refractivity contribution < 1.29 is 4.79 Å². The molecule has 0 unspecified atom stereocenters. The molecule has 0 bridgehead atoms. The summed E-state index contributed by atoms with van der Waals surface area (Å²) in [5.74, 6) is -0.348. The molecule has 1 aromatic heterocycles. The molecule has 82 valence electrons. The van der Waals surface area contributed by atoms with Gasteiger partial charge in [0.05, 0.1) is 16.9 Å². The highest BCUT2D eigenvalue weighted by Crippen LogP contribution is 2.22. The van der Waals surface area contributed by atoms with Gasteiger partial charge in [0.1, 0.15) is 0 Å². The zero-order valence-electron chi connectivity index (χ0n) is 8.49. The first kappa shape index (κ1) is 10.6. The van der Waals surface area contributed by atoms with Crippen LogP contribution in [0.5, 0.6) is 0 Å². The average Bonchev–Trinajstić information content (AvgIpc) is 2.75. The zero-order valence-corrected chi connectivity index (χ0v) is 9.25. The van der Waals surface area contributed by atoms with E-state index in [2.05, 4.69) is 20.7 Å². The third kappa shape index (κ3) is 2.20. The van der Waals surface area contributed by atoms with Crippen LogP contribution in [0.25, 0.3) is 0 Å². The molecule has 2 rings (SSSR count). The molecule has 1 amide bonds. The Morgan fingerprint density at radius 2 is 2.31 bits per heavy atom. The van der Waals surface area contributed by atoms with Crippen molar-refractivity contribution in [3.63, 3.8) is 0 Å². The molecule has 6 heteroatoms. The molecule has 0 saturated carbocycles. The predicted molar refractivity (Wildman–Crippen MR) is 60.5 cm³/mol. The Bertz CT molecular complexity index is 510. The molecular weight excluding hydrogens is 228 g/mol. The van der Waals surface area contributed by atoms with Crippen LogP contribution >= 0.6 is 11.6 Å². The maximum Gasteiger partial charge on any atom is 0.277 e. The van der Waals surface area contributed by atoms with Gasteiger partial charge in [-0.1, -0.05) is 17.7 Å². The van der Waals surface area contributed by atoms with E-state index in [1.807, 2.05) is 13.0 Å². The van der Waals surface area contributed by atoms with Gasteiger partial charge in [-0.25, -0.2) is 0 Å². The van der Waals surface area contributed by atoms with Crippen molar-refractivity contribution in [2.45, 2.75) is 6.92 Å². The van der Waals surface area contributed by atoms with Gasteiger partial charge in [-0.2, -0.15) is 15.4 Å². The first-order chi connectivity index (χ1) is 7.66. The first-order valence-electron chi connectivity index (χ1n) is 4.60. The summed E-state index contributed by atoms with van der Waals surface area (Å²) in [4.78, 5) is 11.6. The van der Waals surface area contributed by atoms with Crippen LogP contribution in [-0.4, -0.2) is 21.3 Å². The Morgan fingerprint density at radius 3 is 2.94 bits per heavy atom. The minimum atomic E-state index is -0.348. The van der Waals surface area contributed by atoms with Crippen molar-refractivity contribution in [1.29, 1.82) is 0 Å². The lowest BCUT2D eigenvalue weighted by atomic mass is 10.2. The topological polar surface area (TPSA) is 70.7 Å². The standard InChI is InChI=1S/C10H9ClN4O/c1-6-2-3-8(7(11)4-6)13-10(16)9-5-12-15-14-9/h2-5H,1H3,(H,13,16)(H,12,14,15). The first-order valence-corrected chi connectivity index (χ1v) is 4.98. The molecule has 0 atom stereocenters. The number of carbonyl (C=O) groups is 1. The smallest absolute Gasteiger partial charge is 0.277 e. The van der Waals surface area contributed by atoms with Crippen LogP contribution in [0.4, 0.5) is 5.69 Å². The number of halogens is 1. The molecule has 5 nitrogen and oxygen atoms in total. The van der Waals surface area contributed by atoms with Gasteiger partial charge in [-0.05, 0) is 24.6 Å². The molecule has 0 saturated heterocycles. The van der Waals surface area contributed by atoms with Gasteiger partial charge >= 0.3 is 0 Å². The van der Waals surface area contributed by atoms with Gasteiger partial charge in [0.25, 0.3) is 5.91 Å². The third-order valence-corrected chi connectivity index (χ3v) is 2.33. The lowest BCUT2D eigenvalue weighted by Gasteiger charge is -2.05. The van der Waals surface area contributed by atoms with Crippen LogP contribution < -0.4 is 5.32 Å². The number of nitrogens with one attached hydrogen (secondary N) is 2. The van der Waals surface area contributed by atoms with E-state index in [1.54, 1.807) is 12.1 Å². The number of benzene rings is 1. The Morgan fingerprint density at radius 1 is 1.50 bits per heavy atom. The van der Waals surface area contributed by atoms with Gasteiger partial charge in [-0.15, -0.1) is 0 Å². The Labute approximate surface area is 96.8 Å². The van der Waals surface area contributed by atoms with Crippen molar-refractivity contribution in [3.8, 4) is 0 Å². The molecular formula is C10H9ClN4O. The molecule has 1 aromatic carbocycles. The zero-order chi connectivity index (χ0) is 11.5. The SMILES string of the molecule is Cc1ccc(NC(=O)c2cn[nH]n2)c(Cl)c1. The third-order valence-electron chi connectivity index (χ3n) is 2.02. The lowest BCUT2D eigenvalue weighted by Crippen LogP contribution is -2.12. The number of aromatic nitrogens is 3. The van der Waals surface area contributed by atoms with Gasteiger partial charge in [0.2, 0.25) is 0 Å². The van der Waals surface area contributed by atoms with E-state index < -0.39 is 0 Å². The Kier molecular flexibility index (Phi) is 2.87. The average molecular weight is 237 g/mol. The van der Waals surface area contributed by atoms with Crippen molar-refractivity contribution in [2.75, 3.05) is 5.32 Å². The fourth-order valence-electron chi connectivity index (χ4n) is 1.22. The maximum absolute atomic E-state index is 11.6. The fraction of sp³-hybridized carbons (Fsp3) is 0.100. The van der Waals surface area contributed by atoms with Crippen LogP contribution in [0, 0.1) is 6.92 Å². The Balaban J connectivity index is 2.18. The van der Waals surface area contributed by atoms with E-state index in [1.165, 1.54) is 6.20 Å². The second kappa shape index (κ2) is 4.32. The molecule has 2 N–H and O–H groups in total. The Hall–Kier alpha value is -1.88. The molecule has 0 radical (unpaired) electrons. The van der Waals surface area contributed by atoms with E-state index in [-0.39, 0.29) is 11.6 Å². The van der Waals surface area contributed by atoms with Crippen LogP contribution in [0.15, 0.2) is 24.4 Å². The quantitative estimate of drug-likeness (QED) is 0.838. The number of aromatic amines is 1. The van der Waals surface area contributed by atoms with Crippen molar-refractivity contribution >= 4 is 23.2 Å². The predicted octanol–water partition coefficient (Wildman–Crippen LogP) is 2.02. The fourth-order valence-corrected chi connectivity index (χ4v) is 1.50. The lowest BCUT2D eigenvalue weighted by molar-refractivity contribution is 0.102. The highest BCUT2D eigenvalue weighted by Gasteiger charge is 2.10. The number of nitrogens with zero attached hydrogens (tertiary/aromatic N) is 2. The van der Waals surface area contributed by atoms with Gasteiger partial charge in [-0.3, -0.25) is 4.79 Å². The van der Waals surface area contributed by atoms with Gasteiger partial charge in [0, 0.05) is 0 Å². The van der Waals surface area contributed by atoms with E-state index in [0.29, 0.717) is 10.7 Å². The second-order valence-corrected chi connectivity index (χ2v) is 3.70. The summed E-state index contributed by atoms with van der Waals surface area (Å²) >= 11 is 5.98. The second-order valence-electron chi connectivity index (χ2n) is 3.29. The van der Waals surface area contributed by atoms with E-state index in [9.17, 15) is 4.79 Å². The normalized spacial score (nSPS) is 10.1. The molecule has 1 heterocycles. The minimum absolute atomic E-state index is 0.219. The van der Waals surface area contributed by atoms with Crippen molar-refractivity contribution in [1.82, 2.24) is 15.4 Å². The van der Waals surface area contributed by atoms with Crippen LogP contribution in [0.1, 0.15) is 16.1 Å². The molecule has 0 aliphatic carbocycles. The summed E-state index contributed by atoms with van der Waals surface area (Å²) in [6.07, 6.45) is 1.34. The number of amides is 1.